The summed E-state index contributed by atoms with van der Waals surface area (Å²) in [6, 6.07) is 4.50. The van der Waals surface area contributed by atoms with Crippen molar-refractivity contribution in [2.75, 3.05) is 30.3 Å². The summed E-state index contributed by atoms with van der Waals surface area (Å²) in [5, 5.41) is 3.61. The number of carbonyl (C=O) groups excluding carboxylic acids is 1. The molecule has 3 aromatic rings. The van der Waals surface area contributed by atoms with Crippen molar-refractivity contribution in [1.82, 2.24) is 10.3 Å². The van der Waals surface area contributed by atoms with E-state index in [1.54, 1.807) is 0 Å². The first-order chi connectivity index (χ1) is 16.4. The maximum Gasteiger partial charge on any atom is 0.263 e. The molecule has 2 unspecified atom stereocenters. The second-order valence-corrected chi connectivity index (χ2v) is 10.8. The zero-order chi connectivity index (χ0) is 23.6. The first kappa shape index (κ1) is 21.6. The highest BCUT2D eigenvalue weighted by Gasteiger charge is 2.36. The van der Waals surface area contributed by atoms with Crippen molar-refractivity contribution in [1.29, 1.82) is 0 Å². The minimum atomic E-state index is -0.502. The molecule has 1 aliphatic carbocycles. The number of nitrogens with one attached hydrogen (secondary N) is 1. The maximum atomic E-state index is 15.4. The monoisotopic (exact) mass is 484 g/mol. The Labute approximate surface area is 200 Å². The van der Waals surface area contributed by atoms with Crippen molar-refractivity contribution >= 4 is 38.8 Å². The molecule has 1 aromatic carbocycles. The fourth-order valence-corrected chi connectivity index (χ4v) is 6.74. The second kappa shape index (κ2) is 8.08. The Kier molecular flexibility index (Phi) is 5.13. The summed E-state index contributed by atoms with van der Waals surface area (Å²) < 4.78 is 36.2. The summed E-state index contributed by atoms with van der Waals surface area (Å²) in [5.74, 6) is -0.283. The minimum Gasteiger partial charge on any atom is -0.488 e. The topological polar surface area (TPSA) is 80.5 Å². The lowest BCUT2D eigenvalue weighted by Crippen LogP contribution is -2.43. The lowest BCUT2D eigenvalue weighted by Gasteiger charge is -2.35. The largest absolute Gasteiger partial charge is 0.488 e. The van der Waals surface area contributed by atoms with Gasteiger partial charge in [-0.15, -0.1) is 11.3 Å². The van der Waals surface area contributed by atoms with Gasteiger partial charge in [0.05, 0.1) is 17.4 Å². The number of hydrogen-bond acceptors (Lipinski definition) is 6. The fourth-order valence-electron chi connectivity index (χ4n) is 5.69. The highest BCUT2D eigenvalue weighted by Crippen LogP contribution is 2.42. The van der Waals surface area contributed by atoms with Gasteiger partial charge in [-0.3, -0.25) is 4.79 Å². The zero-order valence-electron chi connectivity index (χ0n) is 18.9. The Balaban J connectivity index is 1.22. The molecule has 2 aliphatic heterocycles. The highest BCUT2D eigenvalue weighted by molar-refractivity contribution is 7.21. The van der Waals surface area contributed by atoms with Gasteiger partial charge in [-0.05, 0) is 50.2 Å². The Morgan fingerprint density at radius 2 is 2.03 bits per heavy atom. The molecule has 0 spiro atoms. The number of halogens is 2. The number of ether oxygens (including phenoxy) is 1. The first-order valence-corrected chi connectivity index (χ1v) is 12.5. The van der Waals surface area contributed by atoms with E-state index in [0.717, 1.165) is 37.0 Å². The van der Waals surface area contributed by atoms with Gasteiger partial charge >= 0.3 is 0 Å². The SMILES string of the molecule is Cc1ccc2c(N)c(C(=O)N[C@H]3COc4c(F)c(N5CC6CCC(C6)C5)cc(F)c4C3)sc2n1. The lowest BCUT2D eigenvalue weighted by atomic mass is 9.96. The van der Waals surface area contributed by atoms with E-state index >= 15 is 8.78 Å². The van der Waals surface area contributed by atoms with Crippen LogP contribution in [0.1, 0.15) is 40.2 Å². The van der Waals surface area contributed by atoms with Gasteiger partial charge in [0.15, 0.2) is 11.6 Å². The van der Waals surface area contributed by atoms with Gasteiger partial charge in [0, 0.05) is 42.2 Å². The van der Waals surface area contributed by atoms with Crippen molar-refractivity contribution < 1.29 is 18.3 Å². The van der Waals surface area contributed by atoms with Gasteiger partial charge in [0.2, 0.25) is 0 Å². The Morgan fingerprint density at radius 1 is 1.26 bits per heavy atom. The molecule has 178 valence electrons. The number of fused-ring (bicyclic) bond motifs is 4. The average Bonchev–Trinajstić information content (AvgIpc) is 3.33. The molecule has 4 heterocycles. The Hall–Kier alpha value is -2.94. The zero-order valence-corrected chi connectivity index (χ0v) is 19.7. The van der Waals surface area contributed by atoms with Crippen LogP contribution in [-0.4, -0.2) is 36.6 Å². The minimum absolute atomic E-state index is 0.0283. The Bertz CT molecular complexity index is 1300. The summed E-state index contributed by atoms with van der Waals surface area (Å²) in [6.07, 6.45) is 3.66. The molecule has 1 amide bonds. The summed E-state index contributed by atoms with van der Waals surface area (Å²) in [4.78, 5) is 20.4. The molecule has 6 rings (SSSR count). The van der Waals surface area contributed by atoms with Crippen molar-refractivity contribution in [3.63, 3.8) is 0 Å². The molecule has 6 nitrogen and oxygen atoms in total. The van der Waals surface area contributed by atoms with Crippen LogP contribution in [0.2, 0.25) is 0 Å². The number of aryl methyl sites for hydroxylation is 1. The standard InChI is InChI=1S/C25H26F2N4O2S/c1-12-2-5-16-21(28)23(34-25(16)29-12)24(32)30-15-7-17-18(26)8-19(20(27)22(17)33-11-15)31-9-13-3-4-14(6-13)10-31/h2,5,8,13-15H,3-4,6-7,9-11,28H2,1H3,(H,30,32)/t13?,14?,15-/m1/s1. The number of carbonyl (C=O) groups is 1. The molecule has 2 aromatic heterocycles. The van der Waals surface area contributed by atoms with E-state index in [1.165, 1.54) is 23.8 Å². The van der Waals surface area contributed by atoms with E-state index < -0.39 is 17.7 Å². The summed E-state index contributed by atoms with van der Waals surface area (Å²) in [6.45, 7) is 3.46. The lowest BCUT2D eigenvalue weighted by molar-refractivity contribution is 0.0918. The molecular formula is C25H26F2N4O2S. The molecule has 3 N–H and O–H groups in total. The number of piperidine rings is 1. The van der Waals surface area contributed by atoms with Crippen molar-refractivity contribution in [3.8, 4) is 5.75 Å². The number of nitrogens with zero attached hydrogens (tertiary/aromatic N) is 2. The number of nitrogen functional groups attached to an aromatic ring is 1. The molecular weight excluding hydrogens is 458 g/mol. The van der Waals surface area contributed by atoms with Crippen LogP contribution in [0.15, 0.2) is 18.2 Å². The third-order valence-corrected chi connectivity index (χ3v) is 8.47. The number of nitrogens with two attached hydrogens (primary N) is 1. The van der Waals surface area contributed by atoms with Gasteiger partial charge < -0.3 is 20.7 Å². The number of hydrogen-bond donors (Lipinski definition) is 2. The molecule has 3 atom stereocenters. The van der Waals surface area contributed by atoms with Gasteiger partial charge in [0.25, 0.3) is 5.91 Å². The van der Waals surface area contributed by atoms with E-state index in [-0.39, 0.29) is 35.9 Å². The quantitative estimate of drug-likeness (QED) is 0.575. The van der Waals surface area contributed by atoms with Crippen molar-refractivity contribution in [3.05, 3.63) is 46.0 Å². The van der Waals surface area contributed by atoms with Crippen LogP contribution in [-0.2, 0) is 6.42 Å². The van der Waals surface area contributed by atoms with Gasteiger partial charge in [-0.1, -0.05) is 0 Å². The molecule has 1 saturated carbocycles. The number of amides is 1. The van der Waals surface area contributed by atoms with E-state index in [9.17, 15) is 4.79 Å². The van der Waals surface area contributed by atoms with Crippen LogP contribution in [0, 0.1) is 30.4 Å². The number of thiophene rings is 1. The number of benzene rings is 1. The van der Waals surface area contributed by atoms with Gasteiger partial charge in [-0.25, -0.2) is 13.8 Å². The molecule has 2 fully saturated rings. The van der Waals surface area contributed by atoms with Crippen LogP contribution in [0.25, 0.3) is 10.2 Å². The van der Waals surface area contributed by atoms with Crippen molar-refractivity contribution in [2.45, 2.75) is 38.6 Å². The summed E-state index contributed by atoms with van der Waals surface area (Å²) in [5.41, 5.74) is 7.86. The first-order valence-electron chi connectivity index (χ1n) is 11.7. The van der Waals surface area contributed by atoms with E-state index in [2.05, 4.69) is 10.3 Å². The summed E-state index contributed by atoms with van der Waals surface area (Å²) >= 11 is 1.22. The normalized spacial score (nSPS) is 23.6. The van der Waals surface area contributed by atoms with Crippen LogP contribution in [0.4, 0.5) is 20.2 Å². The predicted octanol–water partition coefficient (Wildman–Crippen LogP) is 4.43. The van der Waals surface area contributed by atoms with E-state index in [0.29, 0.717) is 27.2 Å². The van der Waals surface area contributed by atoms with E-state index in [4.69, 9.17) is 10.5 Å². The van der Waals surface area contributed by atoms with Gasteiger partial charge in [0.1, 0.15) is 22.1 Å². The molecule has 34 heavy (non-hydrogen) atoms. The fraction of sp³-hybridized carbons (Fsp3) is 0.440. The van der Waals surface area contributed by atoms with E-state index in [1.807, 2.05) is 24.0 Å². The van der Waals surface area contributed by atoms with Crippen molar-refractivity contribution in [2.24, 2.45) is 11.8 Å². The third-order valence-electron chi connectivity index (χ3n) is 7.35. The maximum absolute atomic E-state index is 15.4. The van der Waals surface area contributed by atoms with Crippen LogP contribution in [0.3, 0.4) is 0 Å². The summed E-state index contributed by atoms with van der Waals surface area (Å²) in [7, 11) is 0. The number of aromatic nitrogens is 1. The number of anilines is 2. The molecule has 0 radical (unpaired) electrons. The smallest absolute Gasteiger partial charge is 0.263 e. The predicted molar refractivity (Wildman–Crippen MR) is 129 cm³/mol. The number of rotatable bonds is 3. The third kappa shape index (κ3) is 3.57. The number of pyridine rings is 1. The second-order valence-electron chi connectivity index (χ2n) is 9.78. The average molecular weight is 485 g/mol. The molecule has 3 aliphatic rings. The molecule has 2 bridgehead atoms. The highest BCUT2D eigenvalue weighted by atomic mass is 32.1. The molecule has 1 saturated heterocycles. The van der Waals surface area contributed by atoms with Gasteiger partial charge in [-0.2, -0.15) is 0 Å². The molecule has 9 heteroatoms. The Morgan fingerprint density at radius 3 is 2.79 bits per heavy atom. The van der Waals surface area contributed by atoms with Crippen LogP contribution in [0.5, 0.6) is 5.75 Å². The van der Waals surface area contributed by atoms with Crippen LogP contribution < -0.4 is 20.7 Å². The van der Waals surface area contributed by atoms with Crippen LogP contribution >= 0.6 is 11.3 Å².